The van der Waals surface area contributed by atoms with Gasteiger partial charge in [0.1, 0.15) is 0 Å². The highest BCUT2D eigenvalue weighted by atomic mass is 16.5. The van der Waals surface area contributed by atoms with E-state index in [0.29, 0.717) is 0 Å². The zero-order chi connectivity index (χ0) is 9.10. The molecule has 0 aromatic carbocycles. The molecule has 1 aliphatic carbocycles. The summed E-state index contributed by atoms with van der Waals surface area (Å²) in [7, 11) is 0. The van der Waals surface area contributed by atoms with Crippen LogP contribution in [0.2, 0.25) is 0 Å². The summed E-state index contributed by atoms with van der Waals surface area (Å²) in [6.45, 7) is 1.94. The molecule has 1 atom stereocenters. The van der Waals surface area contributed by atoms with Gasteiger partial charge >= 0.3 is 0 Å². The number of ether oxygens (including phenoxy) is 1. The predicted molar refractivity (Wildman–Crippen MR) is 51.5 cm³/mol. The van der Waals surface area contributed by atoms with Gasteiger partial charge in [-0.15, -0.1) is 0 Å². The van der Waals surface area contributed by atoms with Crippen molar-refractivity contribution in [1.82, 2.24) is 0 Å². The Kier molecular flexibility index (Phi) is 3.23. The topological polar surface area (TPSA) is 29.5 Å². The maximum Gasteiger partial charge on any atom is 0.0540 e. The zero-order valence-electron chi connectivity index (χ0n) is 8.24. The van der Waals surface area contributed by atoms with Gasteiger partial charge in [0.25, 0.3) is 0 Å². The van der Waals surface area contributed by atoms with Crippen molar-refractivity contribution in [3.05, 3.63) is 0 Å². The van der Waals surface area contributed by atoms with Crippen molar-refractivity contribution in [3.8, 4) is 0 Å². The molecular weight excluding hydrogens is 164 g/mol. The fourth-order valence-corrected chi connectivity index (χ4v) is 2.71. The average molecular weight is 184 g/mol. The first kappa shape index (κ1) is 9.47. The molecule has 0 spiro atoms. The lowest BCUT2D eigenvalue weighted by atomic mass is 9.77. The third kappa shape index (κ3) is 2.44. The van der Waals surface area contributed by atoms with E-state index in [9.17, 15) is 5.11 Å². The fraction of sp³-hybridized carbons (Fsp3) is 1.00. The molecule has 0 aromatic heterocycles. The van der Waals surface area contributed by atoms with Gasteiger partial charge in [0, 0.05) is 13.2 Å². The van der Waals surface area contributed by atoms with Crippen LogP contribution in [-0.2, 0) is 4.74 Å². The summed E-state index contributed by atoms with van der Waals surface area (Å²) in [5.41, 5.74) is 0. The van der Waals surface area contributed by atoms with Crippen molar-refractivity contribution in [3.63, 3.8) is 0 Å². The minimum absolute atomic E-state index is 0.0132. The second kappa shape index (κ2) is 4.43. The predicted octanol–water partition coefficient (Wildman–Crippen LogP) is 1.96. The molecule has 1 heterocycles. The summed E-state index contributed by atoms with van der Waals surface area (Å²) >= 11 is 0. The molecule has 2 fully saturated rings. The Balaban J connectivity index is 1.79. The molecule has 1 unspecified atom stereocenters. The Morgan fingerprint density at radius 2 is 1.69 bits per heavy atom. The lowest BCUT2D eigenvalue weighted by Gasteiger charge is -2.34. The minimum Gasteiger partial charge on any atom is -0.393 e. The standard InChI is InChI=1S/C11H20O2/c12-11-5-3-9(4-6-11)10-2-1-7-13-8-10/h9-12H,1-8H2. The Morgan fingerprint density at radius 1 is 0.923 bits per heavy atom. The van der Waals surface area contributed by atoms with Crippen molar-refractivity contribution in [2.75, 3.05) is 13.2 Å². The van der Waals surface area contributed by atoms with E-state index in [1.54, 1.807) is 0 Å². The summed E-state index contributed by atoms with van der Waals surface area (Å²) in [5, 5.41) is 9.39. The Hall–Kier alpha value is -0.0800. The van der Waals surface area contributed by atoms with Gasteiger partial charge in [0.15, 0.2) is 0 Å². The molecule has 0 bridgehead atoms. The summed E-state index contributed by atoms with van der Waals surface area (Å²) < 4.78 is 5.50. The Morgan fingerprint density at radius 3 is 2.31 bits per heavy atom. The molecule has 1 N–H and O–H groups in total. The van der Waals surface area contributed by atoms with Crippen LogP contribution in [0.15, 0.2) is 0 Å². The van der Waals surface area contributed by atoms with Crippen LogP contribution in [0.25, 0.3) is 0 Å². The van der Waals surface area contributed by atoms with Crippen molar-refractivity contribution < 1.29 is 9.84 Å². The lowest BCUT2D eigenvalue weighted by Crippen LogP contribution is -2.29. The average Bonchev–Trinajstić information content (AvgIpc) is 2.20. The van der Waals surface area contributed by atoms with E-state index >= 15 is 0 Å². The van der Waals surface area contributed by atoms with E-state index in [-0.39, 0.29) is 6.10 Å². The summed E-state index contributed by atoms with van der Waals surface area (Å²) in [6.07, 6.45) is 7.04. The molecule has 2 nitrogen and oxygen atoms in total. The van der Waals surface area contributed by atoms with Crippen molar-refractivity contribution in [1.29, 1.82) is 0 Å². The van der Waals surface area contributed by atoms with Gasteiger partial charge in [-0.3, -0.25) is 0 Å². The normalized spacial score (nSPS) is 41.8. The molecule has 2 heteroatoms. The van der Waals surface area contributed by atoms with E-state index in [0.717, 1.165) is 37.9 Å². The first-order valence-corrected chi connectivity index (χ1v) is 5.62. The third-order valence-electron chi connectivity index (χ3n) is 3.60. The van der Waals surface area contributed by atoms with Crippen LogP contribution in [0.1, 0.15) is 38.5 Å². The molecular formula is C11H20O2. The van der Waals surface area contributed by atoms with E-state index in [2.05, 4.69) is 0 Å². The second-order valence-electron chi connectivity index (χ2n) is 4.55. The summed E-state index contributed by atoms with van der Waals surface area (Å²) in [6, 6.07) is 0. The Bertz CT molecular complexity index is 144. The van der Waals surface area contributed by atoms with Gasteiger partial charge in [-0.1, -0.05) is 0 Å². The minimum atomic E-state index is -0.0132. The van der Waals surface area contributed by atoms with Crippen LogP contribution < -0.4 is 0 Å². The van der Waals surface area contributed by atoms with Crippen molar-refractivity contribution in [2.24, 2.45) is 11.8 Å². The lowest BCUT2D eigenvalue weighted by molar-refractivity contribution is 0.00810. The van der Waals surface area contributed by atoms with Crippen LogP contribution in [0, 0.1) is 11.8 Å². The van der Waals surface area contributed by atoms with Crippen LogP contribution >= 0.6 is 0 Å². The van der Waals surface area contributed by atoms with E-state index in [4.69, 9.17) is 4.74 Å². The maximum atomic E-state index is 9.39. The largest absolute Gasteiger partial charge is 0.393 e. The van der Waals surface area contributed by atoms with Crippen LogP contribution in [0.5, 0.6) is 0 Å². The Labute approximate surface area is 80.3 Å². The van der Waals surface area contributed by atoms with Crippen molar-refractivity contribution in [2.45, 2.75) is 44.6 Å². The molecule has 76 valence electrons. The van der Waals surface area contributed by atoms with Gasteiger partial charge in [-0.25, -0.2) is 0 Å². The van der Waals surface area contributed by atoms with Crippen molar-refractivity contribution >= 4 is 0 Å². The first-order valence-electron chi connectivity index (χ1n) is 5.62. The molecule has 0 amide bonds. The molecule has 13 heavy (non-hydrogen) atoms. The van der Waals surface area contributed by atoms with Gasteiger partial charge in [-0.05, 0) is 50.4 Å². The fourth-order valence-electron chi connectivity index (χ4n) is 2.71. The zero-order valence-corrected chi connectivity index (χ0v) is 8.24. The highest BCUT2D eigenvalue weighted by Crippen LogP contribution is 2.34. The second-order valence-corrected chi connectivity index (χ2v) is 4.55. The molecule has 2 aliphatic rings. The molecule has 2 rings (SSSR count). The highest BCUT2D eigenvalue weighted by molar-refractivity contribution is 4.78. The smallest absolute Gasteiger partial charge is 0.0540 e. The number of aliphatic hydroxyl groups is 1. The SMILES string of the molecule is OC1CCC(C2CCCOC2)CC1. The third-order valence-corrected chi connectivity index (χ3v) is 3.60. The van der Waals surface area contributed by atoms with Gasteiger partial charge < -0.3 is 9.84 Å². The molecule has 1 aliphatic heterocycles. The molecule has 0 aromatic rings. The molecule has 1 saturated carbocycles. The van der Waals surface area contributed by atoms with E-state index in [1.807, 2.05) is 0 Å². The maximum absolute atomic E-state index is 9.39. The van der Waals surface area contributed by atoms with Gasteiger partial charge in [0.05, 0.1) is 6.10 Å². The highest BCUT2D eigenvalue weighted by Gasteiger charge is 2.27. The number of rotatable bonds is 1. The number of hydrogen-bond acceptors (Lipinski definition) is 2. The number of hydrogen-bond donors (Lipinski definition) is 1. The van der Waals surface area contributed by atoms with E-state index < -0.39 is 0 Å². The van der Waals surface area contributed by atoms with Crippen LogP contribution in [-0.4, -0.2) is 24.4 Å². The summed E-state index contributed by atoms with van der Waals surface area (Å²) in [4.78, 5) is 0. The summed E-state index contributed by atoms with van der Waals surface area (Å²) in [5.74, 6) is 1.63. The number of aliphatic hydroxyl groups excluding tert-OH is 1. The molecule has 1 saturated heterocycles. The monoisotopic (exact) mass is 184 g/mol. The molecule has 0 radical (unpaired) electrons. The van der Waals surface area contributed by atoms with E-state index in [1.165, 1.54) is 25.7 Å². The van der Waals surface area contributed by atoms with Gasteiger partial charge in [-0.2, -0.15) is 0 Å². The van der Waals surface area contributed by atoms with Crippen LogP contribution in [0.4, 0.5) is 0 Å². The van der Waals surface area contributed by atoms with Crippen LogP contribution in [0.3, 0.4) is 0 Å². The quantitative estimate of drug-likeness (QED) is 0.675. The first-order chi connectivity index (χ1) is 6.36. The van der Waals surface area contributed by atoms with Gasteiger partial charge in [0.2, 0.25) is 0 Å².